The predicted octanol–water partition coefficient (Wildman–Crippen LogP) is 4.03. The van der Waals surface area contributed by atoms with Gasteiger partial charge in [0, 0.05) is 22.7 Å². The zero-order valence-electron chi connectivity index (χ0n) is 16.5. The third kappa shape index (κ3) is 3.60. The molecule has 0 aliphatic carbocycles. The number of anilines is 1. The summed E-state index contributed by atoms with van der Waals surface area (Å²) in [7, 11) is 0. The highest BCUT2D eigenvalue weighted by atomic mass is 32.1. The first kappa shape index (κ1) is 19.2. The molecule has 0 amide bonds. The number of fused-ring (bicyclic) bond motifs is 2. The summed E-state index contributed by atoms with van der Waals surface area (Å²) < 4.78 is 12.6. The average molecular weight is 430 g/mol. The number of ether oxygens (including phenoxy) is 2. The number of rotatable bonds is 5. The third-order valence-electron chi connectivity index (χ3n) is 5.08. The molecule has 1 aliphatic heterocycles. The molecule has 3 heterocycles. The molecule has 0 saturated carbocycles. The zero-order valence-corrected chi connectivity index (χ0v) is 17.3. The Morgan fingerprint density at radius 1 is 1.13 bits per heavy atom. The van der Waals surface area contributed by atoms with Gasteiger partial charge < -0.3 is 14.8 Å². The number of nitrogens with one attached hydrogen (secondary N) is 1. The van der Waals surface area contributed by atoms with Gasteiger partial charge in [-0.25, -0.2) is 4.98 Å². The molecule has 0 bridgehead atoms. The van der Waals surface area contributed by atoms with Crippen molar-refractivity contribution in [1.82, 2.24) is 9.55 Å². The summed E-state index contributed by atoms with van der Waals surface area (Å²) in [5.41, 5.74) is 2.42. The Labute approximate surface area is 182 Å². The summed E-state index contributed by atoms with van der Waals surface area (Å²) in [5, 5.41) is 15.1. The molecule has 1 N–H and O–H groups in total. The Balaban J connectivity index is 1.51. The van der Waals surface area contributed by atoms with E-state index in [1.807, 2.05) is 53.9 Å². The lowest BCUT2D eigenvalue weighted by Gasteiger charge is -2.19. The fraction of sp³-hybridized carbons (Fsp3) is 0.174. The van der Waals surface area contributed by atoms with Crippen LogP contribution in [0.1, 0.15) is 5.82 Å². The second-order valence-electron chi connectivity index (χ2n) is 6.98. The Bertz CT molecular complexity index is 1360. The van der Waals surface area contributed by atoms with Crippen molar-refractivity contribution in [1.29, 1.82) is 5.26 Å². The third-order valence-corrected chi connectivity index (χ3v) is 5.95. The van der Waals surface area contributed by atoms with E-state index in [0.717, 1.165) is 16.8 Å². The minimum Gasteiger partial charge on any atom is -0.486 e. The highest BCUT2D eigenvalue weighted by Gasteiger charge is 2.17. The molecule has 0 radical (unpaired) electrons. The summed E-state index contributed by atoms with van der Waals surface area (Å²) in [6, 6.07) is 17.4. The molecular formula is C23H18N4O3S. The fourth-order valence-electron chi connectivity index (χ4n) is 3.60. The maximum atomic E-state index is 13.3. The van der Waals surface area contributed by atoms with Gasteiger partial charge >= 0.3 is 0 Å². The van der Waals surface area contributed by atoms with Crippen LogP contribution in [0.5, 0.6) is 11.5 Å². The minimum absolute atomic E-state index is 0.0655. The largest absolute Gasteiger partial charge is 0.486 e. The SMILES string of the molecule is N#CCn1c(CNc2ccc3c(c2)OCCO3)nc2scc(-c3ccccc3)c2c1=O. The van der Waals surface area contributed by atoms with Crippen LogP contribution in [0.4, 0.5) is 5.69 Å². The molecule has 1 aliphatic rings. The lowest BCUT2D eigenvalue weighted by molar-refractivity contribution is 0.171. The summed E-state index contributed by atoms with van der Waals surface area (Å²) in [5.74, 6) is 1.90. The lowest BCUT2D eigenvalue weighted by atomic mass is 10.1. The summed E-state index contributed by atoms with van der Waals surface area (Å²) in [6.45, 7) is 1.28. The molecule has 7 nitrogen and oxygen atoms in total. The summed E-state index contributed by atoms with van der Waals surface area (Å²) >= 11 is 1.43. The molecular weight excluding hydrogens is 412 g/mol. The summed E-state index contributed by atoms with van der Waals surface area (Å²) in [6.07, 6.45) is 0. The van der Waals surface area contributed by atoms with Crippen LogP contribution >= 0.6 is 11.3 Å². The van der Waals surface area contributed by atoms with Crippen LogP contribution < -0.4 is 20.3 Å². The van der Waals surface area contributed by atoms with Gasteiger partial charge in [-0.1, -0.05) is 30.3 Å². The highest BCUT2D eigenvalue weighted by Crippen LogP contribution is 2.33. The van der Waals surface area contributed by atoms with E-state index in [4.69, 9.17) is 14.5 Å². The van der Waals surface area contributed by atoms with Crippen LogP contribution in [-0.4, -0.2) is 22.8 Å². The van der Waals surface area contributed by atoms with Crippen molar-refractivity contribution in [3.05, 3.63) is 70.1 Å². The first-order valence-electron chi connectivity index (χ1n) is 9.81. The van der Waals surface area contributed by atoms with E-state index in [2.05, 4.69) is 11.4 Å². The molecule has 154 valence electrons. The van der Waals surface area contributed by atoms with Crippen LogP contribution in [0.3, 0.4) is 0 Å². The maximum absolute atomic E-state index is 13.3. The van der Waals surface area contributed by atoms with Gasteiger partial charge in [-0.2, -0.15) is 5.26 Å². The van der Waals surface area contributed by atoms with Crippen molar-refractivity contribution in [2.24, 2.45) is 0 Å². The Kier molecular flexibility index (Phi) is 5.02. The van der Waals surface area contributed by atoms with Crippen molar-refractivity contribution >= 4 is 27.2 Å². The van der Waals surface area contributed by atoms with Crippen LogP contribution in [-0.2, 0) is 13.1 Å². The molecule has 0 fully saturated rings. The van der Waals surface area contributed by atoms with E-state index < -0.39 is 0 Å². The van der Waals surface area contributed by atoms with Crippen molar-refractivity contribution < 1.29 is 9.47 Å². The van der Waals surface area contributed by atoms with Gasteiger partial charge in [0.05, 0.1) is 18.0 Å². The van der Waals surface area contributed by atoms with Crippen molar-refractivity contribution in [3.8, 4) is 28.7 Å². The lowest BCUT2D eigenvalue weighted by Crippen LogP contribution is -2.26. The molecule has 4 aromatic rings. The van der Waals surface area contributed by atoms with Crippen LogP contribution in [0, 0.1) is 11.3 Å². The topological polar surface area (TPSA) is 89.2 Å². The quantitative estimate of drug-likeness (QED) is 0.514. The molecule has 2 aromatic carbocycles. The van der Waals surface area contributed by atoms with Crippen LogP contribution in [0.15, 0.2) is 58.7 Å². The summed E-state index contributed by atoms with van der Waals surface area (Å²) in [4.78, 5) is 18.7. The van der Waals surface area contributed by atoms with E-state index in [-0.39, 0.29) is 12.1 Å². The van der Waals surface area contributed by atoms with Gasteiger partial charge in [-0.05, 0) is 17.7 Å². The van der Waals surface area contributed by atoms with Gasteiger partial charge in [0.25, 0.3) is 5.56 Å². The maximum Gasteiger partial charge on any atom is 0.263 e. The average Bonchev–Trinajstić information content (AvgIpc) is 3.24. The molecule has 0 saturated heterocycles. The first-order valence-corrected chi connectivity index (χ1v) is 10.7. The van der Waals surface area contributed by atoms with Crippen molar-refractivity contribution in [2.75, 3.05) is 18.5 Å². The standard InChI is InChI=1S/C23H18N4O3S/c24-8-9-27-20(13-25-16-6-7-18-19(12-16)30-11-10-29-18)26-22-21(23(27)28)17(14-31-22)15-4-2-1-3-5-15/h1-7,12,14,25H,9-11,13H2. The van der Waals surface area contributed by atoms with Gasteiger partial charge in [0.15, 0.2) is 11.5 Å². The molecule has 0 spiro atoms. The Hall–Kier alpha value is -3.83. The highest BCUT2D eigenvalue weighted by molar-refractivity contribution is 7.17. The number of thiophene rings is 1. The monoisotopic (exact) mass is 430 g/mol. The molecule has 31 heavy (non-hydrogen) atoms. The van der Waals surface area contributed by atoms with E-state index in [0.29, 0.717) is 47.3 Å². The molecule has 5 rings (SSSR count). The van der Waals surface area contributed by atoms with Crippen molar-refractivity contribution in [2.45, 2.75) is 13.1 Å². The molecule has 8 heteroatoms. The smallest absolute Gasteiger partial charge is 0.263 e. The van der Waals surface area contributed by atoms with E-state index >= 15 is 0 Å². The Morgan fingerprint density at radius 3 is 2.74 bits per heavy atom. The number of aromatic nitrogens is 2. The van der Waals surface area contributed by atoms with Gasteiger partial charge in [-0.3, -0.25) is 9.36 Å². The van der Waals surface area contributed by atoms with Gasteiger partial charge in [-0.15, -0.1) is 11.3 Å². The zero-order chi connectivity index (χ0) is 21.2. The van der Waals surface area contributed by atoms with Crippen LogP contribution in [0.25, 0.3) is 21.3 Å². The van der Waals surface area contributed by atoms with Crippen molar-refractivity contribution in [3.63, 3.8) is 0 Å². The normalized spacial score (nSPS) is 12.5. The molecule has 2 aromatic heterocycles. The van der Waals surface area contributed by atoms with Gasteiger partial charge in [0.1, 0.15) is 30.4 Å². The second kappa shape index (κ2) is 8.13. The first-order chi connectivity index (χ1) is 15.2. The number of hydrogen-bond acceptors (Lipinski definition) is 7. The number of nitriles is 1. The fourth-order valence-corrected chi connectivity index (χ4v) is 4.56. The van der Waals surface area contributed by atoms with E-state index in [1.54, 1.807) is 0 Å². The van der Waals surface area contributed by atoms with E-state index in [9.17, 15) is 10.1 Å². The number of hydrogen-bond donors (Lipinski definition) is 1. The molecule has 0 unspecified atom stereocenters. The van der Waals surface area contributed by atoms with Gasteiger partial charge in [0.2, 0.25) is 0 Å². The number of benzene rings is 2. The predicted molar refractivity (Wildman–Crippen MR) is 120 cm³/mol. The van der Waals surface area contributed by atoms with Crippen LogP contribution in [0.2, 0.25) is 0 Å². The Morgan fingerprint density at radius 2 is 1.94 bits per heavy atom. The minimum atomic E-state index is -0.203. The molecule has 0 atom stereocenters. The van der Waals surface area contributed by atoms with E-state index in [1.165, 1.54) is 15.9 Å². The second-order valence-corrected chi connectivity index (χ2v) is 7.84. The number of nitrogens with zero attached hydrogens (tertiary/aromatic N) is 3.